The molecule has 6 rings (SSSR count). The minimum atomic E-state index is -0.766. The minimum Gasteiger partial charge on any atom is -0.337 e. The third-order valence-electron chi connectivity index (χ3n) is 8.37. The van der Waals surface area contributed by atoms with Crippen molar-refractivity contribution in [3.63, 3.8) is 0 Å². The number of fused-ring (bicyclic) bond motifs is 2. The van der Waals surface area contributed by atoms with Crippen molar-refractivity contribution in [2.24, 2.45) is 0 Å². The number of nitrogens with zero attached hydrogens (tertiary/aromatic N) is 3. The van der Waals surface area contributed by atoms with Crippen LogP contribution in [0.2, 0.25) is 5.02 Å². The summed E-state index contributed by atoms with van der Waals surface area (Å²) >= 11 is 5.83. The molecule has 0 aliphatic carbocycles. The van der Waals surface area contributed by atoms with Crippen molar-refractivity contribution in [1.82, 2.24) is 20.0 Å². The zero-order chi connectivity index (χ0) is 26.4. The molecule has 4 heterocycles. The number of amides is 3. The third-order valence-corrected chi connectivity index (χ3v) is 8.68. The standard InChI is InChI=1S/C28H31ClFN5O3/c29-21-5-3-18(15-22(21)30)17-4-6-23-20(14-17)27(37)35-13-12-33(16-25(35)26(36)32-23)28(38)24-2-1-11-34(24)19-7-9-31-10-8-19/h3-6,14-15,19,24-25,31H,1-2,7-13,16H2,(H,32,36). The molecule has 0 spiro atoms. The molecule has 200 valence electrons. The van der Waals surface area contributed by atoms with Gasteiger partial charge in [0.05, 0.1) is 28.9 Å². The van der Waals surface area contributed by atoms with Gasteiger partial charge in [-0.1, -0.05) is 23.7 Å². The Hall–Kier alpha value is -3.01. The van der Waals surface area contributed by atoms with E-state index in [4.69, 9.17) is 11.6 Å². The molecule has 0 radical (unpaired) electrons. The topological polar surface area (TPSA) is 85.0 Å². The first-order valence-corrected chi connectivity index (χ1v) is 13.7. The number of hydrogen-bond acceptors (Lipinski definition) is 5. The van der Waals surface area contributed by atoms with Crippen LogP contribution in [-0.4, -0.2) is 89.8 Å². The number of rotatable bonds is 3. The zero-order valence-corrected chi connectivity index (χ0v) is 21.8. The molecule has 10 heteroatoms. The number of carbonyl (C=O) groups excluding carboxylic acids is 3. The molecule has 2 N–H and O–H groups in total. The Morgan fingerprint density at radius 3 is 2.53 bits per heavy atom. The van der Waals surface area contributed by atoms with E-state index < -0.39 is 11.9 Å². The van der Waals surface area contributed by atoms with E-state index in [1.54, 1.807) is 34.1 Å². The van der Waals surface area contributed by atoms with Gasteiger partial charge in [0, 0.05) is 19.1 Å². The summed E-state index contributed by atoms with van der Waals surface area (Å²) in [4.78, 5) is 46.3. The van der Waals surface area contributed by atoms with E-state index >= 15 is 0 Å². The monoisotopic (exact) mass is 539 g/mol. The van der Waals surface area contributed by atoms with Crippen LogP contribution in [0.5, 0.6) is 0 Å². The van der Waals surface area contributed by atoms with Crippen LogP contribution >= 0.6 is 11.6 Å². The molecule has 0 saturated carbocycles. The van der Waals surface area contributed by atoms with Crippen LogP contribution in [0, 0.1) is 5.82 Å². The van der Waals surface area contributed by atoms with E-state index in [0.29, 0.717) is 35.0 Å². The second-order valence-corrected chi connectivity index (χ2v) is 11.0. The lowest BCUT2D eigenvalue weighted by Gasteiger charge is -2.42. The van der Waals surface area contributed by atoms with Crippen LogP contribution in [0.3, 0.4) is 0 Å². The van der Waals surface area contributed by atoms with Gasteiger partial charge in [-0.05, 0) is 80.7 Å². The van der Waals surface area contributed by atoms with Crippen molar-refractivity contribution in [3.05, 3.63) is 52.8 Å². The fraction of sp³-hybridized carbons (Fsp3) is 0.464. The van der Waals surface area contributed by atoms with Gasteiger partial charge in [-0.15, -0.1) is 0 Å². The molecule has 2 atom stereocenters. The summed E-state index contributed by atoms with van der Waals surface area (Å²) in [6.45, 7) is 3.72. The Balaban J connectivity index is 1.21. The Morgan fingerprint density at radius 1 is 0.974 bits per heavy atom. The minimum absolute atomic E-state index is 0.0265. The maximum absolute atomic E-state index is 14.1. The van der Waals surface area contributed by atoms with E-state index in [1.165, 1.54) is 12.1 Å². The third kappa shape index (κ3) is 4.57. The number of halogens is 2. The summed E-state index contributed by atoms with van der Waals surface area (Å²) in [7, 11) is 0. The quantitative estimate of drug-likeness (QED) is 0.626. The van der Waals surface area contributed by atoms with Crippen LogP contribution in [-0.2, 0) is 9.59 Å². The van der Waals surface area contributed by atoms with Crippen LogP contribution < -0.4 is 10.6 Å². The van der Waals surface area contributed by atoms with Gasteiger partial charge in [0.25, 0.3) is 5.91 Å². The van der Waals surface area contributed by atoms with Crippen molar-refractivity contribution in [2.75, 3.05) is 44.6 Å². The van der Waals surface area contributed by atoms with Gasteiger partial charge in [0.1, 0.15) is 11.9 Å². The van der Waals surface area contributed by atoms with Gasteiger partial charge in [0.2, 0.25) is 11.8 Å². The number of likely N-dealkylation sites (tertiary alicyclic amines) is 1. The summed E-state index contributed by atoms with van der Waals surface area (Å²) in [6.07, 6.45) is 3.91. The van der Waals surface area contributed by atoms with Gasteiger partial charge in [0.15, 0.2) is 0 Å². The lowest BCUT2D eigenvalue weighted by molar-refractivity contribution is -0.140. The Morgan fingerprint density at radius 2 is 1.74 bits per heavy atom. The van der Waals surface area contributed by atoms with Gasteiger partial charge in [-0.2, -0.15) is 0 Å². The molecule has 0 aromatic heterocycles. The highest BCUT2D eigenvalue weighted by atomic mass is 35.5. The molecule has 0 bridgehead atoms. The second-order valence-electron chi connectivity index (χ2n) is 10.6. The van der Waals surface area contributed by atoms with Crippen LogP contribution in [0.1, 0.15) is 36.0 Å². The second kappa shape index (κ2) is 10.3. The summed E-state index contributed by atoms with van der Waals surface area (Å²) < 4.78 is 14.1. The first kappa shape index (κ1) is 25.3. The van der Waals surface area contributed by atoms with E-state index in [-0.39, 0.29) is 41.9 Å². The number of carbonyl (C=O) groups is 3. The van der Waals surface area contributed by atoms with Crippen LogP contribution in [0.15, 0.2) is 36.4 Å². The summed E-state index contributed by atoms with van der Waals surface area (Å²) in [5.74, 6) is -1.05. The van der Waals surface area contributed by atoms with Crippen molar-refractivity contribution < 1.29 is 18.8 Å². The molecular weight excluding hydrogens is 509 g/mol. The summed E-state index contributed by atoms with van der Waals surface area (Å²) in [5.41, 5.74) is 1.99. The van der Waals surface area contributed by atoms with Gasteiger partial charge < -0.3 is 20.4 Å². The van der Waals surface area contributed by atoms with Gasteiger partial charge in [-0.25, -0.2) is 4.39 Å². The largest absolute Gasteiger partial charge is 0.337 e. The molecule has 3 amide bonds. The number of nitrogens with one attached hydrogen (secondary N) is 2. The zero-order valence-electron chi connectivity index (χ0n) is 21.1. The highest BCUT2D eigenvalue weighted by molar-refractivity contribution is 6.30. The van der Waals surface area contributed by atoms with E-state index in [9.17, 15) is 18.8 Å². The molecule has 3 fully saturated rings. The molecule has 38 heavy (non-hydrogen) atoms. The van der Waals surface area contributed by atoms with E-state index in [2.05, 4.69) is 15.5 Å². The molecule has 2 unspecified atom stereocenters. The van der Waals surface area contributed by atoms with E-state index in [1.807, 2.05) is 0 Å². The highest BCUT2D eigenvalue weighted by Gasteiger charge is 2.44. The van der Waals surface area contributed by atoms with Crippen molar-refractivity contribution in [1.29, 1.82) is 0 Å². The first-order chi connectivity index (χ1) is 18.4. The normalized spacial score (nSPS) is 24.6. The lowest BCUT2D eigenvalue weighted by atomic mass is 10.0. The van der Waals surface area contributed by atoms with Crippen LogP contribution in [0.4, 0.5) is 10.1 Å². The molecule has 8 nitrogen and oxygen atoms in total. The molecule has 4 aliphatic rings. The number of piperazine rings is 1. The highest BCUT2D eigenvalue weighted by Crippen LogP contribution is 2.32. The number of hydrogen-bond donors (Lipinski definition) is 2. The average molecular weight is 540 g/mol. The van der Waals surface area contributed by atoms with Gasteiger partial charge >= 0.3 is 0 Å². The maximum atomic E-state index is 14.1. The summed E-state index contributed by atoms with van der Waals surface area (Å²) in [6, 6.07) is 9.07. The van der Waals surface area contributed by atoms with Crippen molar-refractivity contribution in [3.8, 4) is 11.1 Å². The fourth-order valence-electron chi connectivity index (χ4n) is 6.35. The number of piperidine rings is 1. The molecule has 4 aliphatic heterocycles. The molecule has 3 saturated heterocycles. The lowest BCUT2D eigenvalue weighted by Crippen LogP contribution is -2.62. The Bertz CT molecular complexity index is 1280. The number of anilines is 1. The number of benzene rings is 2. The SMILES string of the molecule is O=C1Nc2ccc(-c3ccc(Cl)c(F)c3)cc2C(=O)N2CCN(C(=O)C3CCCN3C3CCNCC3)CC12. The van der Waals surface area contributed by atoms with Crippen molar-refractivity contribution in [2.45, 2.75) is 43.8 Å². The maximum Gasteiger partial charge on any atom is 0.256 e. The summed E-state index contributed by atoms with van der Waals surface area (Å²) in [5, 5.41) is 6.31. The van der Waals surface area contributed by atoms with Crippen LogP contribution in [0.25, 0.3) is 11.1 Å². The van der Waals surface area contributed by atoms with E-state index in [0.717, 1.165) is 45.3 Å². The Labute approximate surface area is 226 Å². The first-order valence-electron chi connectivity index (χ1n) is 13.4. The molecule has 2 aromatic rings. The van der Waals surface area contributed by atoms with Gasteiger partial charge in [-0.3, -0.25) is 19.3 Å². The van der Waals surface area contributed by atoms with Crippen molar-refractivity contribution >= 4 is 35.0 Å². The molecule has 2 aromatic carbocycles. The smallest absolute Gasteiger partial charge is 0.256 e. The fourth-order valence-corrected chi connectivity index (χ4v) is 6.46. The predicted octanol–water partition coefficient (Wildman–Crippen LogP) is 2.97. The predicted molar refractivity (Wildman–Crippen MR) is 142 cm³/mol. The molecular formula is C28H31ClFN5O3. The average Bonchev–Trinajstić information content (AvgIpc) is 3.41. The Kier molecular flexibility index (Phi) is 6.84.